The molecule has 0 atom stereocenters. The van der Waals surface area contributed by atoms with Crippen molar-refractivity contribution in [1.82, 2.24) is 20.6 Å². The van der Waals surface area contributed by atoms with E-state index in [-0.39, 0.29) is 11.8 Å². The maximum atomic E-state index is 13.3. The first-order chi connectivity index (χ1) is 23.5. The van der Waals surface area contributed by atoms with Gasteiger partial charge in [0.1, 0.15) is 11.5 Å². The number of unbranched alkanes of at least 4 members (excludes halogenated alkanes) is 3. The largest absolute Gasteiger partial charge is 0.497 e. The number of methoxy groups -OCH3 is 2. The van der Waals surface area contributed by atoms with Gasteiger partial charge in [-0.15, -0.1) is 0 Å². The lowest BCUT2D eigenvalue weighted by atomic mass is 10.0. The van der Waals surface area contributed by atoms with E-state index in [1.165, 1.54) is 0 Å². The molecular weight excluding hydrogens is 600 g/mol. The topological polar surface area (TPSA) is 102 Å². The van der Waals surface area contributed by atoms with Gasteiger partial charge in [-0.05, 0) is 61.4 Å². The quantitative estimate of drug-likeness (QED) is 0.125. The highest BCUT2D eigenvalue weighted by atomic mass is 16.5. The third kappa shape index (κ3) is 7.44. The van der Waals surface area contributed by atoms with Crippen molar-refractivity contribution < 1.29 is 19.1 Å². The minimum absolute atomic E-state index is 0.122. The van der Waals surface area contributed by atoms with Gasteiger partial charge in [-0.3, -0.25) is 9.59 Å². The van der Waals surface area contributed by atoms with E-state index in [0.717, 1.165) is 81.5 Å². The highest BCUT2D eigenvalue weighted by molar-refractivity contribution is 6.08. The predicted molar refractivity (Wildman–Crippen MR) is 191 cm³/mol. The number of carbonyl (C=O) groups excluding carboxylic acids is 2. The zero-order valence-electron chi connectivity index (χ0n) is 27.2. The summed E-state index contributed by atoms with van der Waals surface area (Å²) >= 11 is 0. The highest BCUT2D eigenvalue weighted by Gasteiger charge is 2.16. The molecule has 0 saturated heterocycles. The lowest BCUT2D eigenvalue weighted by Gasteiger charge is -2.12. The fourth-order valence-corrected chi connectivity index (χ4v) is 5.78. The van der Waals surface area contributed by atoms with Gasteiger partial charge in [0.2, 0.25) is 0 Å². The van der Waals surface area contributed by atoms with Crippen LogP contribution in [-0.4, -0.2) is 49.1 Å². The molecule has 242 valence electrons. The van der Waals surface area contributed by atoms with Crippen LogP contribution in [0.4, 0.5) is 0 Å². The normalized spacial score (nSPS) is 11.0. The number of para-hydroxylation sites is 2. The standard InChI is InChI=1S/C40H38N4O4/c1-47-29-15-11-13-27(23-29)37-25-33(31-17-5-7-19-35(31)43-37)39(45)41-21-9-3-4-10-22-42-40(46)34-26-38(28-14-12-16-30(24-28)48-2)44-36-20-8-6-18-32(34)36/h5-8,11-20,23-26H,3-4,9-10,21-22H2,1-2H3,(H,41,45)(H,42,46). The molecule has 8 nitrogen and oxygen atoms in total. The minimum Gasteiger partial charge on any atom is -0.497 e. The molecule has 0 bridgehead atoms. The maximum absolute atomic E-state index is 13.3. The van der Waals surface area contributed by atoms with Crippen molar-refractivity contribution in [2.24, 2.45) is 0 Å². The Kier molecular flexibility index (Phi) is 10.2. The molecule has 4 aromatic carbocycles. The summed E-state index contributed by atoms with van der Waals surface area (Å²) in [5, 5.41) is 7.81. The van der Waals surface area contributed by atoms with Crippen LogP contribution in [0.1, 0.15) is 46.4 Å². The summed E-state index contributed by atoms with van der Waals surface area (Å²) in [7, 11) is 3.26. The third-order valence-corrected chi connectivity index (χ3v) is 8.33. The van der Waals surface area contributed by atoms with Gasteiger partial charge in [-0.1, -0.05) is 73.5 Å². The van der Waals surface area contributed by atoms with Crippen LogP contribution in [0.3, 0.4) is 0 Å². The Balaban J connectivity index is 1.01. The van der Waals surface area contributed by atoms with Crippen LogP contribution in [0.25, 0.3) is 44.3 Å². The Labute approximate surface area is 280 Å². The number of pyridine rings is 2. The first kappa shape index (κ1) is 32.2. The van der Waals surface area contributed by atoms with Crippen LogP contribution in [0.15, 0.2) is 109 Å². The Morgan fingerprint density at radius 3 is 1.42 bits per heavy atom. The van der Waals surface area contributed by atoms with Crippen LogP contribution >= 0.6 is 0 Å². The monoisotopic (exact) mass is 638 g/mol. The molecule has 0 spiro atoms. The summed E-state index contributed by atoms with van der Waals surface area (Å²) in [6, 6.07) is 34.4. The lowest BCUT2D eigenvalue weighted by molar-refractivity contribution is 0.0945. The summed E-state index contributed by atoms with van der Waals surface area (Å²) < 4.78 is 10.8. The molecule has 6 aromatic rings. The molecular formula is C40H38N4O4. The molecule has 0 saturated carbocycles. The number of hydrogen-bond donors (Lipinski definition) is 2. The van der Waals surface area contributed by atoms with Gasteiger partial charge in [0.25, 0.3) is 11.8 Å². The Morgan fingerprint density at radius 1 is 0.542 bits per heavy atom. The summed E-state index contributed by atoms with van der Waals surface area (Å²) in [5.41, 5.74) is 5.93. The third-order valence-electron chi connectivity index (χ3n) is 8.33. The molecule has 0 radical (unpaired) electrons. The van der Waals surface area contributed by atoms with Gasteiger partial charge < -0.3 is 20.1 Å². The fourth-order valence-electron chi connectivity index (χ4n) is 5.78. The second kappa shape index (κ2) is 15.2. The highest BCUT2D eigenvalue weighted by Crippen LogP contribution is 2.29. The summed E-state index contributed by atoms with van der Waals surface area (Å²) in [6.45, 7) is 1.12. The number of nitrogens with zero attached hydrogens (tertiary/aromatic N) is 2. The van der Waals surface area contributed by atoms with Gasteiger partial charge >= 0.3 is 0 Å². The number of nitrogens with one attached hydrogen (secondary N) is 2. The van der Waals surface area contributed by atoms with Crippen molar-refractivity contribution >= 4 is 33.6 Å². The molecule has 2 amide bonds. The molecule has 0 aliphatic rings. The molecule has 6 rings (SSSR count). The van der Waals surface area contributed by atoms with Crippen molar-refractivity contribution in [3.63, 3.8) is 0 Å². The number of benzene rings is 4. The number of amides is 2. The van der Waals surface area contributed by atoms with E-state index < -0.39 is 0 Å². The number of carbonyl (C=O) groups is 2. The van der Waals surface area contributed by atoms with Gasteiger partial charge in [-0.25, -0.2) is 9.97 Å². The number of fused-ring (bicyclic) bond motifs is 2. The molecule has 0 aliphatic heterocycles. The molecule has 0 aliphatic carbocycles. The minimum atomic E-state index is -0.122. The maximum Gasteiger partial charge on any atom is 0.252 e. The van der Waals surface area contributed by atoms with Crippen molar-refractivity contribution in [2.45, 2.75) is 25.7 Å². The Morgan fingerprint density at radius 2 is 0.979 bits per heavy atom. The van der Waals surface area contributed by atoms with Gasteiger partial charge in [-0.2, -0.15) is 0 Å². The van der Waals surface area contributed by atoms with E-state index in [4.69, 9.17) is 19.4 Å². The number of rotatable bonds is 13. The zero-order chi connectivity index (χ0) is 33.3. The van der Waals surface area contributed by atoms with Gasteiger partial charge in [0.15, 0.2) is 0 Å². The van der Waals surface area contributed by atoms with Crippen LogP contribution < -0.4 is 20.1 Å². The summed E-state index contributed by atoms with van der Waals surface area (Å²) in [6.07, 6.45) is 3.54. The Hall–Kier alpha value is -5.76. The summed E-state index contributed by atoms with van der Waals surface area (Å²) in [4.78, 5) is 36.3. The molecule has 8 heteroatoms. The average Bonchev–Trinajstić information content (AvgIpc) is 3.14. The number of ether oxygens (including phenoxy) is 2. The lowest BCUT2D eigenvalue weighted by Crippen LogP contribution is -2.25. The van der Waals surface area contributed by atoms with Crippen molar-refractivity contribution in [3.05, 3.63) is 120 Å². The van der Waals surface area contributed by atoms with E-state index in [9.17, 15) is 9.59 Å². The number of aromatic nitrogens is 2. The van der Waals surface area contributed by atoms with Crippen molar-refractivity contribution in [3.8, 4) is 34.0 Å². The van der Waals surface area contributed by atoms with Crippen LogP contribution in [-0.2, 0) is 0 Å². The van der Waals surface area contributed by atoms with E-state index in [1.54, 1.807) is 14.2 Å². The fraction of sp³-hybridized carbons (Fsp3) is 0.200. The first-order valence-electron chi connectivity index (χ1n) is 16.2. The van der Waals surface area contributed by atoms with Crippen LogP contribution in [0.2, 0.25) is 0 Å². The zero-order valence-corrected chi connectivity index (χ0v) is 27.2. The van der Waals surface area contributed by atoms with Gasteiger partial charge in [0, 0.05) is 35.0 Å². The Bertz CT molecular complexity index is 1930. The second-order valence-corrected chi connectivity index (χ2v) is 11.5. The molecule has 0 fully saturated rings. The van der Waals surface area contributed by atoms with Crippen LogP contribution in [0, 0.1) is 0 Å². The van der Waals surface area contributed by atoms with Gasteiger partial charge in [0.05, 0.1) is 47.8 Å². The predicted octanol–water partition coefficient (Wildman–Crippen LogP) is 7.85. The molecule has 0 unspecified atom stereocenters. The molecule has 2 aromatic heterocycles. The van der Waals surface area contributed by atoms with E-state index in [0.29, 0.717) is 24.2 Å². The SMILES string of the molecule is COc1cccc(-c2cc(C(=O)NCCCCCCNC(=O)c3cc(-c4cccc(OC)c4)nc4ccccc34)c3ccccc3n2)c1. The van der Waals surface area contributed by atoms with E-state index in [1.807, 2.05) is 109 Å². The van der Waals surface area contributed by atoms with Crippen molar-refractivity contribution in [1.29, 1.82) is 0 Å². The second-order valence-electron chi connectivity index (χ2n) is 11.5. The smallest absolute Gasteiger partial charge is 0.252 e. The average molecular weight is 639 g/mol. The molecule has 48 heavy (non-hydrogen) atoms. The first-order valence-corrected chi connectivity index (χ1v) is 16.2. The van der Waals surface area contributed by atoms with E-state index >= 15 is 0 Å². The van der Waals surface area contributed by atoms with Crippen molar-refractivity contribution in [2.75, 3.05) is 27.3 Å². The van der Waals surface area contributed by atoms with E-state index in [2.05, 4.69) is 10.6 Å². The molecule has 2 heterocycles. The summed E-state index contributed by atoms with van der Waals surface area (Å²) in [5.74, 6) is 1.22. The molecule has 2 N–H and O–H groups in total. The number of hydrogen-bond acceptors (Lipinski definition) is 6. The van der Waals surface area contributed by atoms with Crippen LogP contribution in [0.5, 0.6) is 11.5 Å².